The fourth-order valence-electron chi connectivity index (χ4n) is 9.28. The smallest absolute Gasteiger partial charge is 0.0358 e. The molecule has 0 saturated heterocycles. The third-order valence-electron chi connectivity index (χ3n) is 12.3. The van der Waals surface area contributed by atoms with Crippen LogP contribution in [0.3, 0.4) is 0 Å². The lowest BCUT2D eigenvalue weighted by Crippen LogP contribution is -2.02. The summed E-state index contributed by atoms with van der Waals surface area (Å²) in [4.78, 5) is 2.47. The summed E-state index contributed by atoms with van der Waals surface area (Å²) in [5.41, 5.74) is 23.6. The molecule has 0 radical (unpaired) electrons. The molecular formula is C58H46S. The number of allylic oxidation sites excluding steroid dienone is 2. The Balaban J connectivity index is 0.986. The Labute approximate surface area is 353 Å². The van der Waals surface area contributed by atoms with Crippen molar-refractivity contribution in [1.82, 2.24) is 0 Å². The Morgan fingerprint density at radius 1 is 0.305 bits per heavy atom. The molecule has 2 atom stereocenters. The zero-order chi connectivity index (χ0) is 40.0. The molecule has 2 unspecified atom stereocenters. The van der Waals surface area contributed by atoms with Crippen molar-refractivity contribution in [3.63, 3.8) is 0 Å². The molecule has 8 aromatic rings. The largest absolute Gasteiger partial charge is 0.0901 e. The predicted octanol–water partition coefficient (Wildman–Crippen LogP) is 15.3. The van der Waals surface area contributed by atoms with Crippen molar-refractivity contribution in [3.8, 4) is 0 Å². The lowest BCUT2D eigenvalue weighted by atomic mass is 9.84. The second kappa shape index (κ2) is 15.4. The van der Waals surface area contributed by atoms with Gasteiger partial charge in [0.05, 0.1) is 0 Å². The highest BCUT2D eigenvalue weighted by atomic mass is 32.2. The predicted molar refractivity (Wildman–Crippen MR) is 250 cm³/mol. The zero-order valence-electron chi connectivity index (χ0n) is 34.0. The Morgan fingerprint density at radius 3 is 0.949 bits per heavy atom. The van der Waals surface area contributed by atoms with Crippen LogP contribution in [0.15, 0.2) is 204 Å². The van der Waals surface area contributed by atoms with E-state index in [1.54, 1.807) is 0 Å². The van der Waals surface area contributed by atoms with Crippen molar-refractivity contribution in [2.75, 3.05) is 0 Å². The zero-order valence-corrected chi connectivity index (χ0v) is 34.9. The Kier molecular flexibility index (Phi) is 9.63. The number of fused-ring (bicyclic) bond motifs is 2. The fraction of sp³-hybridized carbons (Fsp3) is 0.103. The van der Waals surface area contributed by atoms with E-state index in [0.29, 0.717) is 0 Å². The van der Waals surface area contributed by atoms with Crippen molar-refractivity contribution in [1.29, 1.82) is 0 Å². The van der Waals surface area contributed by atoms with E-state index in [1.807, 2.05) is 11.8 Å². The summed E-state index contributed by atoms with van der Waals surface area (Å²) in [5.74, 6) is 0.275. The van der Waals surface area contributed by atoms with E-state index >= 15 is 0 Å². The molecule has 0 saturated carbocycles. The Morgan fingerprint density at radius 2 is 0.610 bits per heavy atom. The van der Waals surface area contributed by atoms with E-state index < -0.39 is 0 Å². The minimum atomic E-state index is 0.137. The van der Waals surface area contributed by atoms with Crippen LogP contribution >= 0.6 is 11.8 Å². The molecule has 0 aliphatic heterocycles. The summed E-state index contributed by atoms with van der Waals surface area (Å²) in [6, 6.07) is 73.0. The number of rotatable bonds is 8. The molecule has 0 fully saturated rings. The van der Waals surface area contributed by atoms with Crippen LogP contribution in [0.25, 0.3) is 22.3 Å². The van der Waals surface area contributed by atoms with Gasteiger partial charge in [0, 0.05) is 21.6 Å². The first kappa shape index (κ1) is 36.9. The van der Waals surface area contributed by atoms with E-state index in [-0.39, 0.29) is 11.8 Å². The highest BCUT2D eigenvalue weighted by Crippen LogP contribution is 2.54. The average molecular weight is 775 g/mol. The summed E-state index contributed by atoms with van der Waals surface area (Å²) in [7, 11) is 0. The first-order valence-corrected chi connectivity index (χ1v) is 21.5. The molecule has 0 aromatic heterocycles. The van der Waals surface area contributed by atoms with Crippen LogP contribution in [-0.2, 0) is 0 Å². The van der Waals surface area contributed by atoms with Crippen LogP contribution in [-0.4, -0.2) is 0 Å². The molecule has 1 heteroatoms. The van der Waals surface area contributed by atoms with E-state index in [2.05, 4.69) is 222 Å². The summed E-state index contributed by atoms with van der Waals surface area (Å²) in [6.45, 7) is 8.66. The molecule has 10 rings (SSSR count). The molecule has 284 valence electrons. The first-order chi connectivity index (χ1) is 28.9. The van der Waals surface area contributed by atoms with Gasteiger partial charge in [-0.25, -0.2) is 0 Å². The maximum atomic E-state index is 2.35. The molecule has 2 aliphatic carbocycles. The van der Waals surface area contributed by atoms with Gasteiger partial charge in [-0.05, 0) is 130 Å². The van der Waals surface area contributed by atoms with E-state index in [4.69, 9.17) is 0 Å². The van der Waals surface area contributed by atoms with Gasteiger partial charge in [-0.2, -0.15) is 0 Å². The summed E-state index contributed by atoms with van der Waals surface area (Å²) < 4.78 is 0. The van der Waals surface area contributed by atoms with Crippen molar-refractivity contribution >= 4 is 34.1 Å². The minimum absolute atomic E-state index is 0.137. The fourth-order valence-corrected chi connectivity index (χ4v) is 10.1. The standard InChI is InChI=1S/C58H46S/c1-37-13-21-41(22-14-37)53-49-9-5-7-11-51(49)55(57(53)45-25-17-39(3)18-26-45)43-29-33-47(34-30-43)59-48-35-31-44(32-36-48)56-52-12-8-6-10-50(52)54(42-23-15-38(2)16-24-42)58(56)46-27-19-40(4)20-28-46/h5-36,55-56H,1-4H3. The van der Waals surface area contributed by atoms with Gasteiger partial charge in [0.1, 0.15) is 0 Å². The number of hydrogen-bond donors (Lipinski definition) is 0. The number of aryl methyl sites for hydroxylation is 4. The van der Waals surface area contributed by atoms with Gasteiger partial charge in [0.15, 0.2) is 0 Å². The molecule has 59 heavy (non-hydrogen) atoms. The molecule has 8 aromatic carbocycles. The van der Waals surface area contributed by atoms with Gasteiger partial charge in [0.2, 0.25) is 0 Å². The van der Waals surface area contributed by atoms with E-state index in [9.17, 15) is 0 Å². The van der Waals surface area contributed by atoms with Gasteiger partial charge < -0.3 is 0 Å². The Bertz CT molecular complexity index is 2670. The monoisotopic (exact) mass is 774 g/mol. The van der Waals surface area contributed by atoms with Gasteiger partial charge in [-0.1, -0.05) is 204 Å². The minimum Gasteiger partial charge on any atom is -0.0901 e. The first-order valence-electron chi connectivity index (χ1n) is 20.7. The SMILES string of the molecule is Cc1ccc(C2=C(c3ccc(C)cc3)C(c3ccc(Sc4ccc(C5C(c6ccc(C)cc6)=C(c6ccc(C)cc6)c6ccccc65)cc4)cc3)c3ccccc32)cc1. The summed E-state index contributed by atoms with van der Waals surface area (Å²) >= 11 is 1.83. The number of hydrogen-bond acceptors (Lipinski definition) is 1. The van der Waals surface area contributed by atoms with Gasteiger partial charge >= 0.3 is 0 Å². The van der Waals surface area contributed by atoms with Crippen molar-refractivity contribution in [3.05, 3.63) is 272 Å². The number of benzene rings is 8. The normalized spacial score (nSPS) is 15.7. The lowest BCUT2D eigenvalue weighted by Gasteiger charge is -2.20. The molecular weight excluding hydrogens is 729 g/mol. The molecule has 0 nitrogen and oxygen atoms in total. The van der Waals surface area contributed by atoms with Crippen LogP contribution in [0.2, 0.25) is 0 Å². The maximum Gasteiger partial charge on any atom is 0.0358 e. The molecule has 0 N–H and O–H groups in total. The summed E-state index contributed by atoms with van der Waals surface area (Å²) in [5, 5.41) is 0. The lowest BCUT2D eigenvalue weighted by molar-refractivity contribution is 1.06. The van der Waals surface area contributed by atoms with Gasteiger partial charge in [-0.3, -0.25) is 0 Å². The van der Waals surface area contributed by atoms with Gasteiger partial charge in [-0.15, -0.1) is 0 Å². The second-order valence-electron chi connectivity index (χ2n) is 16.3. The molecule has 0 bridgehead atoms. The van der Waals surface area contributed by atoms with Crippen LogP contribution < -0.4 is 0 Å². The third kappa shape index (κ3) is 6.90. The van der Waals surface area contributed by atoms with Gasteiger partial charge in [0.25, 0.3) is 0 Å². The molecule has 0 amide bonds. The highest BCUT2D eigenvalue weighted by molar-refractivity contribution is 7.99. The maximum absolute atomic E-state index is 2.35. The molecule has 0 heterocycles. The molecule has 2 aliphatic rings. The van der Waals surface area contributed by atoms with Crippen LogP contribution in [0.1, 0.15) is 89.7 Å². The Hall–Kier alpha value is -6.41. The van der Waals surface area contributed by atoms with Crippen LogP contribution in [0.4, 0.5) is 0 Å². The third-order valence-corrected chi connectivity index (χ3v) is 13.3. The molecule has 0 spiro atoms. The van der Waals surface area contributed by atoms with E-state index in [0.717, 1.165) is 0 Å². The quantitative estimate of drug-likeness (QED) is 0.148. The van der Waals surface area contributed by atoms with Crippen LogP contribution in [0.5, 0.6) is 0 Å². The average Bonchev–Trinajstić information content (AvgIpc) is 3.79. The van der Waals surface area contributed by atoms with E-state index in [1.165, 1.54) is 110 Å². The highest BCUT2D eigenvalue weighted by Gasteiger charge is 2.35. The summed E-state index contributed by atoms with van der Waals surface area (Å²) in [6.07, 6.45) is 0. The van der Waals surface area contributed by atoms with Crippen molar-refractivity contribution in [2.24, 2.45) is 0 Å². The van der Waals surface area contributed by atoms with Crippen molar-refractivity contribution < 1.29 is 0 Å². The van der Waals surface area contributed by atoms with Crippen molar-refractivity contribution in [2.45, 2.75) is 49.3 Å². The van der Waals surface area contributed by atoms with Crippen LogP contribution in [0, 0.1) is 27.7 Å². The topological polar surface area (TPSA) is 0 Å². The second-order valence-corrected chi connectivity index (χ2v) is 17.5.